The molecule has 1 amide bonds. The van der Waals surface area contributed by atoms with E-state index in [-0.39, 0.29) is 17.1 Å². The minimum absolute atomic E-state index is 0.0128. The molecule has 0 radical (unpaired) electrons. The Hall–Kier alpha value is -2.03. The fraction of sp³-hybridized carbons (Fsp3) is 0.417. The minimum Gasteiger partial charge on any atom is -0.338 e. The zero-order valence-corrected chi connectivity index (χ0v) is 12.0. The molecular formula is C12H13FN2O5S. The lowest BCUT2D eigenvalue weighted by Crippen LogP contribution is -2.37. The number of benzene rings is 1. The van der Waals surface area contributed by atoms with Crippen LogP contribution in [-0.4, -0.2) is 48.7 Å². The molecule has 21 heavy (non-hydrogen) atoms. The van der Waals surface area contributed by atoms with Crippen molar-refractivity contribution in [2.45, 2.75) is 12.5 Å². The van der Waals surface area contributed by atoms with Crippen LogP contribution in [0.4, 0.5) is 10.1 Å². The fourth-order valence-corrected chi connectivity index (χ4v) is 4.01. The Kier molecular flexibility index (Phi) is 3.95. The average molecular weight is 316 g/mol. The first kappa shape index (κ1) is 15.4. The van der Waals surface area contributed by atoms with Gasteiger partial charge >= 0.3 is 5.69 Å². The van der Waals surface area contributed by atoms with Gasteiger partial charge in [-0.2, -0.15) is 4.39 Å². The summed E-state index contributed by atoms with van der Waals surface area (Å²) in [7, 11) is -1.71. The maximum absolute atomic E-state index is 13.2. The number of nitro benzene ring substituents is 1. The van der Waals surface area contributed by atoms with Crippen molar-refractivity contribution in [3.8, 4) is 0 Å². The number of hydrogen-bond acceptors (Lipinski definition) is 5. The Balaban J connectivity index is 2.24. The molecule has 1 saturated heterocycles. The van der Waals surface area contributed by atoms with Crippen LogP contribution in [-0.2, 0) is 9.84 Å². The summed E-state index contributed by atoms with van der Waals surface area (Å²) in [5, 5.41) is 10.7. The van der Waals surface area contributed by atoms with Gasteiger partial charge in [0.15, 0.2) is 9.84 Å². The second-order valence-corrected chi connectivity index (χ2v) is 7.12. The van der Waals surface area contributed by atoms with Gasteiger partial charge in [0.25, 0.3) is 5.91 Å². The Bertz CT molecular complexity index is 704. The van der Waals surface area contributed by atoms with Gasteiger partial charge in [-0.3, -0.25) is 14.9 Å². The molecule has 0 N–H and O–H groups in total. The quantitative estimate of drug-likeness (QED) is 0.612. The van der Waals surface area contributed by atoms with Crippen molar-refractivity contribution < 1.29 is 22.5 Å². The van der Waals surface area contributed by atoms with E-state index in [2.05, 4.69) is 0 Å². The summed E-state index contributed by atoms with van der Waals surface area (Å²) in [4.78, 5) is 23.2. The number of carbonyl (C=O) groups is 1. The van der Waals surface area contributed by atoms with Crippen molar-refractivity contribution in [3.05, 3.63) is 39.7 Å². The molecule has 9 heteroatoms. The highest BCUT2D eigenvalue weighted by molar-refractivity contribution is 7.91. The number of nitrogens with zero attached hydrogens (tertiary/aromatic N) is 2. The molecule has 1 unspecified atom stereocenters. The third-order valence-corrected chi connectivity index (χ3v) is 5.22. The van der Waals surface area contributed by atoms with Crippen LogP contribution in [0, 0.1) is 15.9 Å². The topological polar surface area (TPSA) is 97.6 Å². The lowest BCUT2D eigenvalue weighted by Gasteiger charge is -2.23. The van der Waals surface area contributed by atoms with Crippen molar-refractivity contribution in [1.29, 1.82) is 0 Å². The number of sulfone groups is 1. The summed E-state index contributed by atoms with van der Waals surface area (Å²) < 4.78 is 36.1. The van der Waals surface area contributed by atoms with Crippen LogP contribution in [0.15, 0.2) is 18.2 Å². The molecule has 1 aliphatic heterocycles. The molecule has 1 aromatic carbocycles. The summed E-state index contributed by atoms with van der Waals surface area (Å²) in [6.07, 6.45) is 0.327. The SMILES string of the molecule is CN(C(=O)c1ccc(F)c([N+](=O)[O-])c1)C1CCS(=O)(=O)C1. The predicted octanol–water partition coefficient (Wildman–Crippen LogP) is 0.993. The Morgan fingerprint density at radius 1 is 1.48 bits per heavy atom. The van der Waals surface area contributed by atoms with Gasteiger partial charge in [-0.05, 0) is 18.6 Å². The third kappa shape index (κ3) is 3.18. The van der Waals surface area contributed by atoms with Gasteiger partial charge in [0.05, 0.1) is 16.4 Å². The van der Waals surface area contributed by atoms with Crippen LogP contribution in [0.5, 0.6) is 0 Å². The van der Waals surface area contributed by atoms with E-state index in [0.29, 0.717) is 6.42 Å². The molecule has 0 aromatic heterocycles. The van der Waals surface area contributed by atoms with Gasteiger partial charge in [0.2, 0.25) is 5.82 Å². The highest BCUT2D eigenvalue weighted by Gasteiger charge is 2.33. The third-order valence-electron chi connectivity index (χ3n) is 3.47. The van der Waals surface area contributed by atoms with Crippen molar-refractivity contribution in [3.63, 3.8) is 0 Å². The van der Waals surface area contributed by atoms with E-state index in [1.54, 1.807) is 0 Å². The molecule has 1 aliphatic rings. The molecule has 0 bridgehead atoms. The number of nitro groups is 1. The molecule has 1 aromatic rings. The predicted molar refractivity (Wildman–Crippen MR) is 72.2 cm³/mol. The van der Waals surface area contributed by atoms with Crippen LogP contribution >= 0.6 is 0 Å². The standard InChI is InChI=1S/C12H13FN2O5S/c1-14(9-4-5-21(19,20)7-9)12(16)8-2-3-10(13)11(6-8)15(17)18/h2-3,6,9H,4-5,7H2,1H3. The number of hydrogen-bond donors (Lipinski definition) is 0. The molecule has 1 fully saturated rings. The minimum atomic E-state index is -3.15. The maximum atomic E-state index is 13.2. The van der Waals surface area contributed by atoms with E-state index in [0.717, 1.165) is 18.2 Å². The zero-order valence-electron chi connectivity index (χ0n) is 11.2. The summed E-state index contributed by atoms with van der Waals surface area (Å²) >= 11 is 0. The number of halogens is 1. The van der Waals surface area contributed by atoms with Crippen LogP contribution in [0.3, 0.4) is 0 Å². The van der Waals surface area contributed by atoms with Gasteiger partial charge < -0.3 is 4.90 Å². The van der Waals surface area contributed by atoms with E-state index in [9.17, 15) is 27.7 Å². The van der Waals surface area contributed by atoms with Crippen molar-refractivity contribution in [2.24, 2.45) is 0 Å². The van der Waals surface area contributed by atoms with E-state index in [1.807, 2.05) is 0 Å². The summed E-state index contributed by atoms with van der Waals surface area (Å²) in [5.74, 6) is -1.71. The van der Waals surface area contributed by atoms with E-state index in [4.69, 9.17) is 0 Å². The molecule has 1 heterocycles. The molecule has 2 rings (SSSR count). The molecule has 114 valence electrons. The molecule has 0 saturated carbocycles. The Morgan fingerprint density at radius 3 is 2.67 bits per heavy atom. The highest BCUT2D eigenvalue weighted by Crippen LogP contribution is 2.22. The first-order chi connectivity index (χ1) is 9.71. The van der Waals surface area contributed by atoms with Crippen molar-refractivity contribution in [1.82, 2.24) is 4.90 Å². The van der Waals surface area contributed by atoms with Gasteiger partial charge in [-0.1, -0.05) is 0 Å². The maximum Gasteiger partial charge on any atom is 0.305 e. The number of amides is 1. The largest absolute Gasteiger partial charge is 0.338 e. The van der Waals surface area contributed by atoms with Gasteiger partial charge in [0, 0.05) is 24.7 Å². The van der Waals surface area contributed by atoms with Crippen LogP contribution in [0.1, 0.15) is 16.8 Å². The smallest absolute Gasteiger partial charge is 0.305 e. The van der Waals surface area contributed by atoms with Gasteiger partial charge in [-0.15, -0.1) is 0 Å². The lowest BCUT2D eigenvalue weighted by atomic mass is 10.1. The first-order valence-electron chi connectivity index (χ1n) is 6.13. The molecule has 1 atom stereocenters. The summed E-state index contributed by atoms with van der Waals surface area (Å²) in [5.41, 5.74) is -0.830. The van der Waals surface area contributed by atoms with Crippen LogP contribution < -0.4 is 0 Å². The van der Waals surface area contributed by atoms with Crippen molar-refractivity contribution >= 4 is 21.4 Å². The molecular weight excluding hydrogens is 303 g/mol. The van der Waals surface area contributed by atoms with Gasteiger partial charge in [0.1, 0.15) is 0 Å². The second-order valence-electron chi connectivity index (χ2n) is 4.90. The van der Waals surface area contributed by atoms with Crippen molar-refractivity contribution in [2.75, 3.05) is 18.6 Å². The Labute approximate surface area is 120 Å². The van der Waals surface area contributed by atoms with Crippen LogP contribution in [0.25, 0.3) is 0 Å². The zero-order chi connectivity index (χ0) is 15.8. The Morgan fingerprint density at radius 2 is 2.14 bits per heavy atom. The number of rotatable bonds is 3. The van der Waals surface area contributed by atoms with Crippen LogP contribution in [0.2, 0.25) is 0 Å². The molecule has 0 spiro atoms. The average Bonchev–Trinajstić information content (AvgIpc) is 2.77. The second kappa shape index (κ2) is 5.40. The summed E-state index contributed by atoms with van der Waals surface area (Å²) in [6.45, 7) is 0. The van der Waals surface area contributed by atoms with E-state index >= 15 is 0 Å². The van der Waals surface area contributed by atoms with E-state index in [1.165, 1.54) is 11.9 Å². The first-order valence-corrected chi connectivity index (χ1v) is 7.95. The normalized spacial score (nSPS) is 20.2. The van der Waals surface area contributed by atoms with E-state index < -0.39 is 38.2 Å². The monoisotopic (exact) mass is 316 g/mol. The molecule has 0 aliphatic carbocycles. The summed E-state index contributed by atoms with van der Waals surface area (Å²) in [6, 6.07) is 2.39. The number of carbonyl (C=O) groups excluding carboxylic acids is 1. The highest BCUT2D eigenvalue weighted by atomic mass is 32.2. The molecule has 7 nitrogen and oxygen atoms in total. The fourth-order valence-electron chi connectivity index (χ4n) is 2.24. The lowest BCUT2D eigenvalue weighted by molar-refractivity contribution is -0.387. The van der Waals surface area contributed by atoms with Gasteiger partial charge in [-0.25, -0.2) is 8.42 Å².